The zero-order chi connectivity index (χ0) is 20.8. The van der Waals surface area contributed by atoms with Crippen molar-refractivity contribution in [2.45, 2.75) is 31.5 Å². The summed E-state index contributed by atoms with van der Waals surface area (Å²) in [7, 11) is 1.75. The standard InChI is InChI=1S/C21H25N5O2S/c1-15(2)16-9-11-18(12-10-16)28-13-19-23-24-21(26(19)22)29-14-20(27)25(3)17-7-5-4-6-8-17/h4-12,15H,13-14,22H2,1-3H3. The minimum absolute atomic E-state index is 0.0488. The lowest BCUT2D eigenvalue weighted by Crippen LogP contribution is -2.28. The molecule has 0 aliphatic carbocycles. The molecule has 1 heterocycles. The van der Waals surface area contributed by atoms with Crippen molar-refractivity contribution >= 4 is 23.4 Å². The van der Waals surface area contributed by atoms with Crippen LogP contribution in [-0.4, -0.2) is 33.6 Å². The molecule has 1 aromatic heterocycles. The molecule has 2 N–H and O–H groups in total. The number of rotatable bonds is 8. The van der Waals surface area contributed by atoms with E-state index in [1.165, 1.54) is 22.0 Å². The van der Waals surface area contributed by atoms with Crippen LogP contribution in [0.3, 0.4) is 0 Å². The monoisotopic (exact) mass is 411 g/mol. The van der Waals surface area contributed by atoms with Crippen LogP contribution in [0.15, 0.2) is 59.8 Å². The molecule has 0 fully saturated rings. The molecular weight excluding hydrogens is 386 g/mol. The summed E-state index contributed by atoms with van der Waals surface area (Å²) in [4.78, 5) is 14.0. The Hall–Kier alpha value is -3.00. The van der Waals surface area contributed by atoms with Crippen LogP contribution in [0.4, 0.5) is 5.69 Å². The van der Waals surface area contributed by atoms with Crippen molar-refractivity contribution in [3.05, 3.63) is 66.0 Å². The van der Waals surface area contributed by atoms with Gasteiger partial charge in [-0.15, -0.1) is 10.2 Å². The smallest absolute Gasteiger partial charge is 0.237 e. The number of anilines is 1. The third-order valence-corrected chi connectivity index (χ3v) is 5.42. The highest BCUT2D eigenvalue weighted by Crippen LogP contribution is 2.21. The first-order chi connectivity index (χ1) is 14.0. The number of amides is 1. The molecule has 3 rings (SSSR count). The lowest BCUT2D eigenvalue weighted by atomic mass is 10.0. The topological polar surface area (TPSA) is 86.3 Å². The van der Waals surface area contributed by atoms with E-state index in [-0.39, 0.29) is 18.3 Å². The highest BCUT2D eigenvalue weighted by atomic mass is 32.2. The number of nitrogens with two attached hydrogens (primary N) is 1. The SMILES string of the molecule is CC(C)c1ccc(OCc2nnc(SCC(=O)N(C)c3ccccc3)n2N)cc1. The van der Waals surface area contributed by atoms with E-state index in [0.29, 0.717) is 16.9 Å². The molecule has 29 heavy (non-hydrogen) atoms. The third-order valence-electron chi connectivity index (χ3n) is 4.49. The van der Waals surface area contributed by atoms with Crippen LogP contribution >= 0.6 is 11.8 Å². The van der Waals surface area contributed by atoms with Crippen molar-refractivity contribution in [1.29, 1.82) is 0 Å². The third kappa shape index (κ3) is 5.29. The number of nitrogens with zero attached hydrogens (tertiary/aromatic N) is 4. The molecule has 7 nitrogen and oxygen atoms in total. The molecular formula is C21H25N5O2S. The summed E-state index contributed by atoms with van der Waals surface area (Å²) in [6.07, 6.45) is 0. The summed E-state index contributed by atoms with van der Waals surface area (Å²) in [5.41, 5.74) is 2.09. The number of carbonyl (C=O) groups is 1. The number of thioether (sulfide) groups is 1. The lowest BCUT2D eigenvalue weighted by Gasteiger charge is -2.16. The maximum absolute atomic E-state index is 12.4. The van der Waals surface area contributed by atoms with Gasteiger partial charge in [-0.2, -0.15) is 0 Å². The minimum atomic E-state index is -0.0488. The Bertz CT molecular complexity index is 941. The quantitative estimate of drug-likeness (QED) is 0.451. The van der Waals surface area contributed by atoms with Crippen molar-refractivity contribution in [3.63, 3.8) is 0 Å². The first kappa shape index (κ1) is 20.7. The van der Waals surface area contributed by atoms with Gasteiger partial charge in [-0.25, -0.2) is 4.68 Å². The maximum Gasteiger partial charge on any atom is 0.237 e. The second-order valence-electron chi connectivity index (χ2n) is 6.86. The molecule has 2 aromatic carbocycles. The van der Waals surface area contributed by atoms with Crippen molar-refractivity contribution < 1.29 is 9.53 Å². The van der Waals surface area contributed by atoms with Crippen molar-refractivity contribution in [2.75, 3.05) is 23.5 Å². The largest absolute Gasteiger partial charge is 0.486 e. The molecule has 1 amide bonds. The molecule has 0 aliphatic heterocycles. The molecule has 0 spiro atoms. The van der Waals surface area contributed by atoms with E-state index < -0.39 is 0 Å². The van der Waals surface area contributed by atoms with Gasteiger partial charge >= 0.3 is 0 Å². The molecule has 8 heteroatoms. The summed E-state index contributed by atoms with van der Waals surface area (Å²) in [6.45, 7) is 4.49. The maximum atomic E-state index is 12.4. The molecule has 0 atom stereocenters. The predicted octanol–water partition coefficient (Wildman–Crippen LogP) is 3.45. The fraction of sp³-hybridized carbons (Fsp3) is 0.286. The van der Waals surface area contributed by atoms with Gasteiger partial charge in [0, 0.05) is 12.7 Å². The number of benzene rings is 2. The Balaban J connectivity index is 1.54. The van der Waals surface area contributed by atoms with Crippen LogP contribution in [-0.2, 0) is 11.4 Å². The Morgan fingerprint density at radius 1 is 1.14 bits per heavy atom. The van der Waals surface area contributed by atoms with Gasteiger partial charge in [0.15, 0.2) is 5.82 Å². The Morgan fingerprint density at radius 2 is 1.83 bits per heavy atom. The zero-order valence-electron chi connectivity index (χ0n) is 16.8. The van der Waals surface area contributed by atoms with E-state index in [2.05, 4.69) is 24.0 Å². The fourth-order valence-corrected chi connectivity index (χ4v) is 3.41. The van der Waals surface area contributed by atoms with Crippen LogP contribution in [0.2, 0.25) is 0 Å². The van der Waals surface area contributed by atoms with Crippen LogP contribution in [0, 0.1) is 0 Å². The second-order valence-corrected chi connectivity index (χ2v) is 7.80. The van der Waals surface area contributed by atoms with Crippen LogP contribution in [0.25, 0.3) is 0 Å². The van der Waals surface area contributed by atoms with E-state index in [4.69, 9.17) is 10.6 Å². The van der Waals surface area contributed by atoms with Gasteiger partial charge in [0.05, 0.1) is 5.75 Å². The van der Waals surface area contributed by atoms with E-state index in [1.54, 1.807) is 11.9 Å². The zero-order valence-corrected chi connectivity index (χ0v) is 17.6. The Labute approximate surface area is 174 Å². The summed E-state index contributed by atoms with van der Waals surface area (Å²) >= 11 is 1.24. The highest BCUT2D eigenvalue weighted by Gasteiger charge is 2.16. The summed E-state index contributed by atoms with van der Waals surface area (Å²) in [5.74, 6) is 7.93. The molecule has 0 radical (unpaired) electrons. The molecule has 0 saturated carbocycles. The van der Waals surface area contributed by atoms with Crippen LogP contribution in [0.5, 0.6) is 5.75 Å². The minimum Gasteiger partial charge on any atom is -0.486 e. The van der Waals surface area contributed by atoms with Crippen molar-refractivity contribution in [2.24, 2.45) is 0 Å². The van der Waals surface area contributed by atoms with Gasteiger partial charge in [0.2, 0.25) is 11.1 Å². The van der Waals surface area contributed by atoms with Crippen LogP contribution < -0.4 is 15.5 Å². The van der Waals surface area contributed by atoms with Gasteiger partial charge in [-0.05, 0) is 35.7 Å². The Kier molecular flexibility index (Phi) is 6.77. The average Bonchev–Trinajstić information content (AvgIpc) is 3.10. The molecule has 0 saturated heterocycles. The van der Waals surface area contributed by atoms with Gasteiger partial charge < -0.3 is 15.5 Å². The van der Waals surface area contributed by atoms with E-state index in [9.17, 15) is 4.79 Å². The fourth-order valence-electron chi connectivity index (χ4n) is 2.62. The van der Waals surface area contributed by atoms with Gasteiger partial charge in [-0.1, -0.05) is 55.9 Å². The molecule has 0 unspecified atom stereocenters. The summed E-state index contributed by atoms with van der Waals surface area (Å²) < 4.78 is 7.12. The van der Waals surface area contributed by atoms with E-state index in [1.807, 2.05) is 54.6 Å². The summed E-state index contributed by atoms with van der Waals surface area (Å²) in [5, 5.41) is 8.61. The molecule has 3 aromatic rings. The first-order valence-electron chi connectivity index (χ1n) is 9.32. The molecule has 0 bridgehead atoms. The van der Waals surface area contributed by atoms with Gasteiger partial charge in [0.25, 0.3) is 0 Å². The van der Waals surface area contributed by atoms with Gasteiger partial charge in [-0.3, -0.25) is 4.79 Å². The number of ether oxygens (including phenoxy) is 1. The number of hydrogen-bond donors (Lipinski definition) is 1. The normalized spacial score (nSPS) is 10.9. The lowest BCUT2D eigenvalue weighted by molar-refractivity contribution is -0.115. The van der Waals surface area contributed by atoms with Crippen molar-refractivity contribution in [3.8, 4) is 5.75 Å². The summed E-state index contributed by atoms with van der Waals surface area (Å²) in [6, 6.07) is 17.4. The number of nitrogen functional groups attached to an aromatic ring is 1. The van der Waals surface area contributed by atoms with Crippen LogP contribution in [0.1, 0.15) is 31.2 Å². The van der Waals surface area contributed by atoms with Crippen molar-refractivity contribution in [1.82, 2.24) is 14.9 Å². The van der Waals surface area contributed by atoms with Gasteiger partial charge in [0.1, 0.15) is 12.4 Å². The predicted molar refractivity (Wildman–Crippen MR) is 116 cm³/mol. The molecule has 152 valence electrons. The highest BCUT2D eigenvalue weighted by molar-refractivity contribution is 7.99. The molecule has 0 aliphatic rings. The number of carbonyl (C=O) groups excluding carboxylic acids is 1. The Morgan fingerprint density at radius 3 is 2.48 bits per heavy atom. The first-order valence-corrected chi connectivity index (χ1v) is 10.3. The number of hydrogen-bond acceptors (Lipinski definition) is 6. The van der Waals surface area contributed by atoms with E-state index >= 15 is 0 Å². The average molecular weight is 412 g/mol. The number of aromatic nitrogens is 3. The van der Waals surface area contributed by atoms with E-state index in [0.717, 1.165) is 11.4 Å². The number of para-hydroxylation sites is 1. The second kappa shape index (κ2) is 9.47.